The van der Waals surface area contributed by atoms with Crippen molar-refractivity contribution in [3.63, 3.8) is 0 Å². The van der Waals surface area contributed by atoms with Crippen LogP contribution in [0, 0.1) is 6.92 Å². The zero-order chi connectivity index (χ0) is 20.2. The lowest BCUT2D eigenvalue weighted by atomic mass is 10.3. The number of benzene rings is 1. The molecular formula is C22H26IN7. The summed E-state index contributed by atoms with van der Waals surface area (Å²) in [6, 6.07) is 16.2. The van der Waals surface area contributed by atoms with Gasteiger partial charge in [-0.2, -0.15) is 5.10 Å². The fraction of sp³-hybridized carbons (Fsp3) is 0.227. The highest BCUT2D eigenvalue weighted by Crippen LogP contribution is 2.10. The molecule has 7 nitrogen and oxygen atoms in total. The Kier molecular flexibility index (Phi) is 7.09. The Morgan fingerprint density at radius 3 is 2.63 bits per heavy atom. The molecule has 3 heterocycles. The molecule has 0 bridgehead atoms. The Morgan fingerprint density at radius 1 is 1.10 bits per heavy atom. The first kappa shape index (κ1) is 21.8. The van der Waals surface area contributed by atoms with Crippen LogP contribution >= 0.6 is 24.0 Å². The van der Waals surface area contributed by atoms with Crippen LogP contribution in [0.25, 0.3) is 11.3 Å². The molecule has 3 aromatic heterocycles. The van der Waals surface area contributed by atoms with Crippen LogP contribution in [0.1, 0.15) is 17.0 Å². The molecule has 156 valence electrons. The van der Waals surface area contributed by atoms with E-state index in [9.17, 15) is 0 Å². The summed E-state index contributed by atoms with van der Waals surface area (Å²) in [6.45, 7) is 3.40. The van der Waals surface area contributed by atoms with Crippen molar-refractivity contribution in [3.05, 3.63) is 84.1 Å². The van der Waals surface area contributed by atoms with Gasteiger partial charge in [0.2, 0.25) is 0 Å². The van der Waals surface area contributed by atoms with E-state index in [1.807, 2.05) is 66.6 Å². The Bertz CT molecular complexity index is 1130. The molecule has 0 fully saturated rings. The van der Waals surface area contributed by atoms with Gasteiger partial charge >= 0.3 is 0 Å². The Hall–Kier alpha value is -2.88. The smallest absolute Gasteiger partial charge is 0.194 e. The van der Waals surface area contributed by atoms with Gasteiger partial charge < -0.3 is 14.6 Å². The number of nitrogens with one attached hydrogen (secondary N) is 1. The van der Waals surface area contributed by atoms with E-state index in [0.717, 1.165) is 34.2 Å². The monoisotopic (exact) mass is 515 g/mol. The summed E-state index contributed by atoms with van der Waals surface area (Å²) in [5.41, 5.74) is 5.26. The average molecular weight is 515 g/mol. The van der Waals surface area contributed by atoms with Gasteiger partial charge in [-0.25, -0.2) is 9.67 Å². The molecule has 0 amide bonds. The first-order chi connectivity index (χ1) is 14.1. The molecule has 0 aliphatic carbocycles. The van der Waals surface area contributed by atoms with Crippen molar-refractivity contribution in [2.45, 2.75) is 20.0 Å². The van der Waals surface area contributed by atoms with E-state index in [2.05, 4.69) is 48.9 Å². The number of fused-ring (bicyclic) bond motifs is 1. The van der Waals surface area contributed by atoms with Gasteiger partial charge in [0.15, 0.2) is 5.96 Å². The van der Waals surface area contributed by atoms with Gasteiger partial charge in [-0.1, -0.05) is 24.3 Å². The molecular weight excluding hydrogens is 489 g/mol. The number of aliphatic imine (C=N–C) groups is 1. The fourth-order valence-electron chi connectivity index (χ4n) is 3.35. The third-order valence-corrected chi connectivity index (χ3v) is 4.82. The molecule has 0 spiro atoms. The molecule has 0 saturated heterocycles. The molecule has 4 rings (SSSR count). The lowest BCUT2D eigenvalue weighted by Crippen LogP contribution is -2.38. The zero-order valence-corrected chi connectivity index (χ0v) is 19.7. The molecule has 1 N–H and O–H groups in total. The third-order valence-electron chi connectivity index (χ3n) is 4.82. The molecule has 30 heavy (non-hydrogen) atoms. The minimum atomic E-state index is 0. The molecule has 0 radical (unpaired) electrons. The van der Waals surface area contributed by atoms with Crippen LogP contribution in [0.5, 0.6) is 0 Å². The highest BCUT2D eigenvalue weighted by atomic mass is 127. The second kappa shape index (κ2) is 9.75. The summed E-state index contributed by atoms with van der Waals surface area (Å²) in [4.78, 5) is 11.2. The maximum atomic E-state index is 4.67. The number of aromatic nitrogens is 4. The summed E-state index contributed by atoms with van der Waals surface area (Å²) in [6.07, 6.45) is 6.00. The average Bonchev–Trinajstić information content (AvgIpc) is 3.37. The fourth-order valence-corrected chi connectivity index (χ4v) is 3.35. The number of rotatable bonds is 5. The molecule has 0 aliphatic rings. The standard InChI is InChI=1S/C22H25N7.HI/c1-17-8-7-11-21-26-19(16-28(17)21)13-24-22(23-2)27(3)14-18-12-25-29(15-18)20-9-5-4-6-10-20;/h4-12,15-16H,13-14H2,1-3H3,(H,23,24);1H. The molecule has 0 atom stereocenters. The van der Waals surface area contributed by atoms with Gasteiger partial charge in [-0.15, -0.1) is 24.0 Å². The number of nitrogens with zero attached hydrogens (tertiary/aromatic N) is 6. The van der Waals surface area contributed by atoms with E-state index >= 15 is 0 Å². The van der Waals surface area contributed by atoms with Crippen LogP contribution in [0.4, 0.5) is 0 Å². The Morgan fingerprint density at radius 2 is 1.90 bits per heavy atom. The Labute approximate surface area is 193 Å². The largest absolute Gasteiger partial charge is 0.351 e. The normalized spacial score (nSPS) is 11.4. The molecule has 0 aliphatic heterocycles. The summed E-state index contributed by atoms with van der Waals surface area (Å²) in [7, 11) is 3.81. The van der Waals surface area contributed by atoms with Crippen molar-refractivity contribution < 1.29 is 0 Å². The first-order valence-electron chi connectivity index (χ1n) is 9.58. The number of guanidine groups is 1. The van der Waals surface area contributed by atoms with Gasteiger partial charge in [0, 0.05) is 44.3 Å². The molecule has 0 saturated carbocycles. The van der Waals surface area contributed by atoms with Crippen LogP contribution in [-0.4, -0.2) is 44.1 Å². The highest BCUT2D eigenvalue weighted by Gasteiger charge is 2.10. The third kappa shape index (κ3) is 4.81. The molecule has 0 unspecified atom stereocenters. The van der Waals surface area contributed by atoms with E-state index in [1.54, 1.807) is 7.05 Å². The van der Waals surface area contributed by atoms with E-state index < -0.39 is 0 Å². The van der Waals surface area contributed by atoms with Crippen LogP contribution < -0.4 is 5.32 Å². The first-order valence-corrected chi connectivity index (χ1v) is 9.58. The van der Waals surface area contributed by atoms with Crippen LogP contribution in [0.2, 0.25) is 0 Å². The number of halogens is 1. The topological polar surface area (TPSA) is 62.8 Å². The van der Waals surface area contributed by atoms with Gasteiger partial charge in [0.25, 0.3) is 0 Å². The summed E-state index contributed by atoms with van der Waals surface area (Å²) in [5, 5.41) is 7.87. The van der Waals surface area contributed by atoms with Gasteiger partial charge in [-0.05, 0) is 31.2 Å². The van der Waals surface area contributed by atoms with E-state index in [4.69, 9.17) is 0 Å². The lowest BCUT2D eigenvalue weighted by Gasteiger charge is -2.21. The van der Waals surface area contributed by atoms with E-state index in [0.29, 0.717) is 13.1 Å². The Balaban J connectivity index is 0.00000256. The summed E-state index contributed by atoms with van der Waals surface area (Å²) < 4.78 is 3.99. The van der Waals surface area contributed by atoms with E-state index in [-0.39, 0.29) is 24.0 Å². The van der Waals surface area contributed by atoms with Crippen LogP contribution in [0.15, 0.2) is 72.1 Å². The summed E-state index contributed by atoms with van der Waals surface area (Å²) >= 11 is 0. The van der Waals surface area contributed by atoms with Crippen LogP contribution in [0.3, 0.4) is 0 Å². The summed E-state index contributed by atoms with van der Waals surface area (Å²) in [5.74, 6) is 0.811. The van der Waals surface area contributed by atoms with Crippen LogP contribution in [-0.2, 0) is 13.1 Å². The number of aryl methyl sites for hydroxylation is 1. The van der Waals surface area contributed by atoms with Crippen molar-refractivity contribution >= 4 is 35.6 Å². The number of pyridine rings is 1. The van der Waals surface area contributed by atoms with Gasteiger partial charge in [0.1, 0.15) is 5.65 Å². The highest BCUT2D eigenvalue weighted by molar-refractivity contribution is 14.0. The van der Waals surface area contributed by atoms with Crippen molar-refractivity contribution in [2.24, 2.45) is 4.99 Å². The minimum absolute atomic E-state index is 0. The number of hydrogen-bond donors (Lipinski definition) is 1. The number of para-hydroxylation sites is 1. The second-order valence-corrected chi connectivity index (χ2v) is 7.01. The van der Waals surface area contributed by atoms with Gasteiger partial charge in [-0.3, -0.25) is 4.99 Å². The van der Waals surface area contributed by atoms with Crippen molar-refractivity contribution in [1.82, 2.24) is 29.4 Å². The second-order valence-electron chi connectivity index (χ2n) is 7.01. The van der Waals surface area contributed by atoms with Crippen molar-refractivity contribution in [2.75, 3.05) is 14.1 Å². The quantitative estimate of drug-likeness (QED) is 0.251. The molecule has 1 aromatic carbocycles. The maximum absolute atomic E-state index is 4.67. The molecule has 8 heteroatoms. The predicted octanol–water partition coefficient (Wildman–Crippen LogP) is 3.65. The van der Waals surface area contributed by atoms with Crippen molar-refractivity contribution in [1.29, 1.82) is 0 Å². The van der Waals surface area contributed by atoms with Gasteiger partial charge in [0.05, 0.1) is 24.1 Å². The van der Waals surface area contributed by atoms with Crippen molar-refractivity contribution in [3.8, 4) is 5.69 Å². The predicted molar refractivity (Wildman–Crippen MR) is 131 cm³/mol. The zero-order valence-electron chi connectivity index (χ0n) is 17.4. The SMILES string of the molecule is CN=C(NCc1cn2c(C)cccc2n1)N(C)Cc1cnn(-c2ccccc2)c1.I. The van der Waals surface area contributed by atoms with E-state index in [1.165, 1.54) is 0 Å². The maximum Gasteiger partial charge on any atom is 0.194 e. The number of imidazole rings is 1. The minimum Gasteiger partial charge on any atom is -0.351 e. The molecule has 4 aromatic rings. The lowest BCUT2D eigenvalue weighted by molar-refractivity contribution is 0.476. The number of hydrogen-bond acceptors (Lipinski definition) is 3.